The van der Waals surface area contributed by atoms with E-state index in [4.69, 9.17) is 23.7 Å². The Labute approximate surface area is 278 Å². The van der Waals surface area contributed by atoms with Crippen LogP contribution in [0.25, 0.3) is 0 Å². The summed E-state index contributed by atoms with van der Waals surface area (Å²) in [6.07, 6.45) is -3.85. The molecule has 8 nitrogen and oxygen atoms in total. The van der Waals surface area contributed by atoms with Crippen LogP contribution in [0.3, 0.4) is 0 Å². The summed E-state index contributed by atoms with van der Waals surface area (Å²) >= 11 is 3.54. The average molecular weight is 734 g/mol. The lowest BCUT2D eigenvalue weighted by Gasteiger charge is -2.50. The molecule has 2 heterocycles. The Balaban J connectivity index is 1.38. The van der Waals surface area contributed by atoms with E-state index in [2.05, 4.69) is 28.7 Å². The Hall–Kier alpha value is -3.73. The average Bonchev–Trinajstić information content (AvgIpc) is 3.08. The van der Waals surface area contributed by atoms with E-state index >= 15 is 0 Å². The van der Waals surface area contributed by atoms with E-state index in [-0.39, 0.29) is 13.0 Å². The molecule has 2 aliphatic rings. The summed E-state index contributed by atoms with van der Waals surface area (Å²) in [4.78, 5) is 27.9. The highest BCUT2D eigenvalue weighted by Gasteiger charge is 2.57. The molecule has 45 heavy (non-hydrogen) atoms. The van der Waals surface area contributed by atoms with E-state index in [0.717, 1.165) is 14.0 Å². The molecule has 0 spiro atoms. The Morgan fingerprint density at radius 3 is 1.98 bits per heavy atom. The van der Waals surface area contributed by atoms with Crippen LogP contribution in [0.1, 0.15) is 26.3 Å². The summed E-state index contributed by atoms with van der Waals surface area (Å²) < 4.78 is 32.3. The van der Waals surface area contributed by atoms with Crippen molar-refractivity contribution in [3.63, 3.8) is 0 Å². The van der Waals surface area contributed by atoms with Gasteiger partial charge in [0.15, 0.2) is 12.2 Å². The zero-order valence-electron chi connectivity index (χ0n) is 23.9. The molecule has 0 aromatic heterocycles. The minimum Gasteiger partial charge on any atom is -0.452 e. The maximum absolute atomic E-state index is 13.6. The van der Waals surface area contributed by atoms with E-state index in [9.17, 15) is 14.9 Å². The predicted molar refractivity (Wildman–Crippen MR) is 174 cm³/mol. The van der Waals surface area contributed by atoms with Crippen molar-refractivity contribution in [1.82, 2.24) is 0 Å². The molecule has 4 aromatic carbocycles. The van der Waals surface area contributed by atoms with Gasteiger partial charge in [0.25, 0.3) is 5.79 Å². The molecule has 0 amide bonds. The van der Waals surface area contributed by atoms with Crippen LogP contribution >= 0.6 is 34.4 Å². The maximum Gasteiger partial charge on any atom is 0.338 e. The summed E-state index contributed by atoms with van der Waals surface area (Å²) in [6.45, 7) is -0.00771. The lowest BCUT2D eigenvalue weighted by Crippen LogP contribution is -2.66. The number of nitrogens with zero attached hydrogens (tertiary/aromatic N) is 1. The van der Waals surface area contributed by atoms with Gasteiger partial charge in [0, 0.05) is 14.9 Å². The van der Waals surface area contributed by atoms with Crippen molar-refractivity contribution >= 4 is 46.3 Å². The summed E-state index contributed by atoms with van der Waals surface area (Å²) in [6, 6.07) is 36.5. The molecule has 0 radical (unpaired) electrons. The number of carbonyl (C=O) groups excluding carboxylic acids is 2. The summed E-state index contributed by atoms with van der Waals surface area (Å²) in [7, 11) is 0. The molecule has 6 rings (SSSR count). The molecule has 0 saturated carbocycles. The number of rotatable bonds is 8. The van der Waals surface area contributed by atoms with Crippen molar-refractivity contribution in [3.8, 4) is 6.07 Å². The number of carbonyl (C=O) groups is 2. The molecule has 6 atom stereocenters. The number of thioether (sulfide) groups is 1. The van der Waals surface area contributed by atoms with Gasteiger partial charge >= 0.3 is 11.9 Å². The molecule has 10 heteroatoms. The van der Waals surface area contributed by atoms with Gasteiger partial charge in [-0.05, 0) is 70.6 Å². The first-order valence-corrected chi connectivity index (χ1v) is 16.3. The SMILES string of the molecule is N#CC1(Cc2ccccc2I)OC[C@H]2O[C@@H](Sc3ccccc3)[C@H](OC(=O)c3ccccc3)[C@@H](OC(=O)c3ccccc3)[C@H]2O1. The zero-order chi connectivity index (χ0) is 31.2. The van der Waals surface area contributed by atoms with Gasteiger partial charge in [-0.15, -0.1) is 0 Å². The lowest BCUT2D eigenvalue weighted by molar-refractivity contribution is -0.340. The second-order valence-electron chi connectivity index (χ2n) is 10.5. The molecule has 2 aliphatic heterocycles. The van der Waals surface area contributed by atoms with Crippen LogP contribution in [-0.2, 0) is 30.1 Å². The smallest absolute Gasteiger partial charge is 0.338 e. The molecule has 1 unspecified atom stereocenters. The van der Waals surface area contributed by atoms with Crippen molar-refractivity contribution < 1.29 is 33.3 Å². The van der Waals surface area contributed by atoms with E-state index in [1.807, 2.05) is 54.6 Å². The Morgan fingerprint density at radius 1 is 0.822 bits per heavy atom. The molecular weight excluding hydrogens is 705 g/mol. The Bertz CT molecular complexity index is 1670. The Kier molecular flexibility index (Phi) is 9.82. The van der Waals surface area contributed by atoms with Crippen LogP contribution in [0.4, 0.5) is 0 Å². The third-order valence-electron chi connectivity index (χ3n) is 7.45. The van der Waals surface area contributed by atoms with Crippen LogP contribution in [0.5, 0.6) is 0 Å². The summed E-state index contributed by atoms with van der Waals surface area (Å²) in [5.41, 5.74) is 0.705. The molecule has 0 bridgehead atoms. The van der Waals surface area contributed by atoms with Crippen LogP contribution in [0.15, 0.2) is 120 Å². The molecule has 0 N–H and O–H groups in total. The highest BCUT2D eigenvalue weighted by Crippen LogP contribution is 2.42. The number of hydrogen-bond acceptors (Lipinski definition) is 9. The number of hydrogen-bond donors (Lipinski definition) is 0. The van der Waals surface area contributed by atoms with Gasteiger partial charge in [-0.1, -0.05) is 84.6 Å². The standard InChI is InChI=1S/C35H28INO7S/c36-27-19-11-10-16-25(27)20-35(22-37)40-21-28-29(44-35)30(42-32(38)23-12-4-1-5-13-23)31(43-33(39)24-14-6-2-7-15-24)34(41-28)45-26-17-8-3-9-18-26/h1-19,28-31,34H,20-21H2/t28-,29+,30+,31-,34+,35?/m1/s1. The van der Waals surface area contributed by atoms with Gasteiger partial charge in [-0.2, -0.15) is 5.26 Å². The van der Waals surface area contributed by atoms with Gasteiger partial charge in [0.05, 0.1) is 17.7 Å². The molecule has 4 aromatic rings. The first-order valence-electron chi connectivity index (χ1n) is 14.3. The van der Waals surface area contributed by atoms with Crippen LogP contribution in [-0.4, -0.2) is 54.2 Å². The lowest BCUT2D eigenvalue weighted by atomic mass is 9.96. The Morgan fingerprint density at radius 2 is 1.38 bits per heavy atom. The summed E-state index contributed by atoms with van der Waals surface area (Å²) in [5, 5.41) is 10.4. The zero-order valence-corrected chi connectivity index (χ0v) is 26.8. The first-order chi connectivity index (χ1) is 21.9. The van der Waals surface area contributed by atoms with Crippen molar-refractivity contribution in [3.05, 3.63) is 136 Å². The fourth-order valence-corrected chi connectivity index (χ4v) is 6.93. The monoisotopic (exact) mass is 733 g/mol. The topological polar surface area (TPSA) is 104 Å². The van der Waals surface area contributed by atoms with Crippen LogP contribution in [0.2, 0.25) is 0 Å². The number of benzene rings is 4. The fourth-order valence-electron chi connectivity index (χ4n) is 5.23. The van der Waals surface area contributed by atoms with E-state index < -0.39 is 47.6 Å². The molecular formula is C35H28INO7S. The van der Waals surface area contributed by atoms with Gasteiger partial charge < -0.3 is 23.7 Å². The molecule has 0 aliphatic carbocycles. The highest BCUT2D eigenvalue weighted by molar-refractivity contribution is 14.1. The summed E-state index contributed by atoms with van der Waals surface area (Å²) in [5.74, 6) is -2.93. The minimum atomic E-state index is -1.70. The first kappa shape index (κ1) is 31.3. The highest BCUT2D eigenvalue weighted by atomic mass is 127. The van der Waals surface area contributed by atoms with Crippen molar-refractivity contribution in [2.24, 2.45) is 0 Å². The van der Waals surface area contributed by atoms with Crippen molar-refractivity contribution in [2.45, 2.75) is 47.0 Å². The van der Waals surface area contributed by atoms with Crippen LogP contribution in [0, 0.1) is 14.9 Å². The number of esters is 2. The van der Waals surface area contributed by atoms with Gasteiger partial charge in [-0.25, -0.2) is 9.59 Å². The second-order valence-corrected chi connectivity index (χ2v) is 12.8. The molecule has 228 valence electrons. The number of halogens is 1. The molecule has 2 fully saturated rings. The maximum atomic E-state index is 13.6. The van der Waals surface area contributed by atoms with Gasteiger partial charge in [0.1, 0.15) is 23.7 Å². The van der Waals surface area contributed by atoms with E-state index in [1.54, 1.807) is 60.7 Å². The molecule has 2 saturated heterocycles. The number of nitriles is 1. The van der Waals surface area contributed by atoms with Crippen molar-refractivity contribution in [1.29, 1.82) is 5.26 Å². The number of ether oxygens (including phenoxy) is 5. The number of fused-ring (bicyclic) bond motifs is 1. The fraction of sp³-hybridized carbons (Fsp3) is 0.229. The van der Waals surface area contributed by atoms with Crippen LogP contribution < -0.4 is 0 Å². The normalized spacial score (nSPS) is 25.7. The predicted octanol–water partition coefficient (Wildman–Crippen LogP) is 6.44. The quantitative estimate of drug-likeness (QED) is 0.150. The van der Waals surface area contributed by atoms with E-state index in [0.29, 0.717) is 11.1 Å². The van der Waals surface area contributed by atoms with Gasteiger partial charge in [-0.3, -0.25) is 0 Å². The third-order valence-corrected chi connectivity index (χ3v) is 9.66. The second kappa shape index (κ2) is 14.1. The van der Waals surface area contributed by atoms with Crippen molar-refractivity contribution in [2.75, 3.05) is 6.61 Å². The minimum absolute atomic E-state index is 0.00771. The largest absolute Gasteiger partial charge is 0.452 e. The third kappa shape index (κ3) is 7.24. The van der Waals surface area contributed by atoms with E-state index in [1.165, 1.54) is 11.8 Å². The van der Waals surface area contributed by atoms with Gasteiger partial charge in [0.2, 0.25) is 0 Å².